The second kappa shape index (κ2) is 7.55. The molecular weight excluding hydrogens is 390 g/mol. The highest BCUT2D eigenvalue weighted by Gasteiger charge is 2.46. The zero-order valence-corrected chi connectivity index (χ0v) is 16.1. The Morgan fingerprint density at radius 3 is 2.53 bits per heavy atom. The first-order chi connectivity index (χ1) is 14.4. The Bertz CT molecular complexity index is 1070. The van der Waals surface area contributed by atoms with Gasteiger partial charge in [0.1, 0.15) is 5.76 Å². The van der Waals surface area contributed by atoms with Gasteiger partial charge in [-0.1, -0.05) is 35.9 Å². The number of hydrogen-bond acceptors (Lipinski definition) is 7. The van der Waals surface area contributed by atoms with Gasteiger partial charge in [0.05, 0.1) is 11.6 Å². The lowest BCUT2D eigenvalue weighted by molar-refractivity contribution is -0.305. The third-order valence-electron chi connectivity index (χ3n) is 5.13. The Balaban J connectivity index is 1.84. The van der Waals surface area contributed by atoms with Gasteiger partial charge in [-0.3, -0.25) is 9.59 Å². The minimum atomic E-state index is -1.35. The average Bonchev–Trinajstić information content (AvgIpc) is 3.29. The number of aliphatic hydroxyl groups excluding tert-OH is 1. The van der Waals surface area contributed by atoms with Crippen LogP contribution in [0.25, 0.3) is 5.76 Å². The molecule has 8 nitrogen and oxygen atoms in total. The SMILES string of the molecule is Cc1ccc(C(O)=C2C(=O)C(=O)N(CCC(=O)[O-])[C@@H]2c2ccc3c(c2)OCO3)cc1. The van der Waals surface area contributed by atoms with E-state index in [1.807, 2.05) is 6.92 Å². The van der Waals surface area contributed by atoms with Crippen LogP contribution in [0.4, 0.5) is 0 Å². The summed E-state index contributed by atoms with van der Waals surface area (Å²) in [6.45, 7) is 1.69. The molecule has 0 aromatic heterocycles. The molecule has 1 atom stereocenters. The summed E-state index contributed by atoms with van der Waals surface area (Å²) in [5.74, 6) is -2.48. The summed E-state index contributed by atoms with van der Waals surface area (Å²) in [5, 5.41) is 21.9. The largest absolute Gasteiger partial charge is 0.550 e. The maximum Gasteiger partial charge on any atom is 0.295 e. The molecule has 1 fully saturated rings. The number of hydrogen-bond donors (Lipinski definition) is 1. The second-order valence-corrected chi connectivity index (χ2v) is 7.09. The summed E-state index contributed by atoms with van der Waals surface area (Å²) in [6.07, 6.45) is -0.446. The maximum atomic E-state index is 12.8. The summed E-state index contributed by atoms with van der Waals surface area (Å²) in [7, 11) is 0. The number of carboxylic acid groups (broad SMARTS) is 1. The molecule has 1 N–H and O–H groups in total. The van der Waals surface area contributed by atoms with Crippen molar-refractivity contribution in [1.82, 2.24) is 4.90 Å². The van der Waals surface area contributed by atoms with Crippen molar-refractivity contribution in [1.29, 1.82) is 0 Å². The molecule has 2 aliphatic rings. The van der Waals surface area contributed by atoms with Crippen LogP contribution >= 0.6 is 0 Å². The number of benzene rings is 2. The van der Waals surface area contributed by atoms with E-state index < -0.39 is 30.1 Å². The molecule has 1 saturated heterocycles. The Kier molecular flexibility index (Phi) is 4.91. The number of fused-ring (bicyclic) bond motifs is 1. The summed E-state index contributed by atoms with van der Waals surface area (Å²) >= 11 is 0. The van der Waals surface area contributed by atoms with Crippen LogP contribution in [0.1, 0.15) is 29.2 Å². The van der Waals surface area contributed by atoms with Gasteiger partial charge >= 0.3 is 0 Å². The van der Waals surface area contributed by atoms with Gasteiger partial charge in [-0.2, -0.15) is 0 Å². The number of aryl methyl sites for hydroxylation is 1. The fraction of sp³-hybridized carbons (Fsp3) is 0.227. The summed E-state index contributed by atoms with van der Waals surface area (Å²) < 4.78 is 10.7. The highest BCUT2D eigenvalue weighted by molar-refractivity contribution is 6.46. The normalized spacial score (nSPS) is 19.4. The predicted octanol–water partition coefficient (Wildman–Crippen LogP) is 1.29. The smallest absolute Gasteiger partial charge is 0.295 e. The number of likely N-dealkylation sites (tertiary alicyclic amines) is 1. The van der Waals surface area contributed by atoms with Crippen LogP contribution in [0, 0.1) is 6.92 Å². The first-order valence-electron chi connectivity index (χ1n) is 9.31. The van der Waals surface area contributed by atoms with Crippen LogP contribution in [-0.2, 0) is 14.4 Å². The van der Waals surface area contributed by atoms with E-state index in [1.165, 1.54) is 0 Å². The quantitative estimate of drug-likeness (QED) is 0.450. The molecule has 0 aliphatic carbocycles. The van der Waals surface area contributed by atoms with E-state index in [0.717, 1.165) is 10.5 Å². The second-order valence-electron chi connectivity index (χ2n) is 7.09. The minimum absolute atomic E-state index is 0.0486. The molecule has 0 bridgehead atoms. The van der Waals surface area contributed by atoms with Crippen LogP contribution in [0.5, 0.6) is 11.5 Å². The summed E-state index contributed by atoms with van der Waals surface area (Å²) in [5.41, 5.74) is 1.73. The molecule has 2 aliphatic heterocycles. The van der Waals surface area contributed by atoms with E-state index in [2.05, 4.69) is 0 Å². The lowest BCUT2D eigenvalue weighted by atomic mass is 9.94. The molecule has 2 aromatic carbocycles. The van der Waals surface area contributed by atoms with Crippen molar-refractivity contribution in [2.45, 2.75) is 19.4 Å². The maximum absolute atomic E-state index is 12.8. The van der Waals surface area contributed by atoms with Crippen molar-refractivity contribution in [2.24, 2.45) is 0 Å². The van der Waals surface area contributed by atoms with Crippen LogP contribution in [0.2, 0.25) is 0 Å². The fourth-order valence-electron chi connectivity index (χ4n) is 3.62. The third-order valence-corrected chi connectivity index (χ3v) is 5.13. The molecular formula is C22H18NO7-. The number of aliphatic carboxylic acids is 1. The van der Waals surface area contributed by atoms with Crippen LogP contribution < -0.4 is 14.6 Å². The molecule has 30 heavy (non-hydrogen) atoms. The Morgan fingerprint density at radius 1 is 1.13 bits per heavy atom. The number of aliphatic hydroxyl groups is 1. The number of nitrogens with zero attached hydrogens (tertiary/aromatic N) is 1. The zero-order chi connectivity index (χ0) is 21.4. The molecule has 0 radical (unpaired) electrons. The summed E-state index contributed by atoms with van der Waals surface area (Å²) in [4.78, 5) is 37.6. The molecule has 154 valence electrons. The van der Waals surface area contributed by atoms with Gasteiger partial charge in [0.15, 0.2) is 11.5 Å². The van der Waals surface area contributed by atoms with Gasteiger partial charge in [0.25, 0.3) is 11.7 Å². The lowest BCUT2D eigenvalue weighted by Gasteiger charge is -2.25. The van der Waals surface area contributed by atoms with Gasteiger partial charge in [0.2, 0.25) is 6.79 Å². The Morgan fingerprint density at radius 2 is 1.83 bits per heavy atom. The van der Waals surface area contributed by atoms with Gasteiger partial charge in [0, 0.05) is 24.5 Å². The highest BCUT2D eigenvalue weighted by Crippen LogP contribution is 2.42. The molecule has 4 rings (SSSR count). The van der Waals surface area contributed by atoms with Gasteiger partial charge in [-0.05, 0) is 24.6 Å². The first-order valence-corrected chi connectivity index (χ1v) is 9.31. The van der Waals surface area contributed by atoms with Crippen molar-refractivity contribution >= 4 is 23.4 Å². The zero-order valence-electron chi connectivity index (χ0n) is 16.1. The van der Waals surface area contributed by atoms with Crippen molar-refractivity contribution < 1.29 is 34.1 Å². The van der Waals surface area contributed by atoms with E-state index in [-0.39, 0.29) is 24.7 Å². The van der Waals surface area contributed by atoms with Crippen LogP contribution in [0.15, 0.2) is 48.0 Å². The van der Waals surface area contributed by atoms with Crippen molar-refractivity contribution in [3.63, 3.8) is 0 Å². The number of amides is 1. The molecule has 2 heterocycles. The van der Waals surface area contributed by atoms with Crippen LogP contribution in [-0.4, -0.2) is 41.0 Å². The van der Waals surface area contributed by atoms with E-state index in [4.69, 9.17) is 9.47 Å². The number of ketones is 1. The molecule has 8 heteroatoms. The predicted molar refractivity (Wildman–Crippen MR) is 102 cm³/mol. The summed E-state index contributed by atoms with van der Waals surface area (Å²) in [6, 6.07) is 10.8. The number of carbonyl (C=O) groups excluding carboxylic acids is 3. The van der Waals surface area contributed by atoms with Crippen molar-refractivity contribution in [3.8, 4) is 11.5 Å². The number of Topliss-reactive ketones (excluding diaryl/α,β-unsaturated/α-hetero) is 1. The molecule has 0 saturated carbocycles. The Hall–Kier alpha value is -3.81. The van der Waals surface area contributed by atoms with E-state index >= 15 is 0 Å². The van der Waals surface area contributed by atoms with Gasteiger partial charge in [-0.15, -0.1) is 0 Å². The number of carbonyl (C=O) groups is 3. The standard InChI is InChI=1S/C22H19NO7/c1-12-2-4-13(5-3-12)20(26)18-19(14-6-7-15-16(10-14)30-11-29-15)23(9-8-17(24)25)22(28)21(18)27/h2-7,10,19,26H,8-9,11H2,1H3,(H,24,25)/p-1/t19-/m1/s1. The molecule has 0 unspecified atom stereocenters. The molecule has 1 amide bonds. The Labute approximate surface area is 171 Å². The van der Waals surface area contributed by atoms with E-state index in [1.54, 1.807) is 42.5 Å². The number of carboxylic acids is 1. The monoisotopic (exact) mass is 408 g/mol. The fourth-order valence-corrected chi connectivity index (χ4v) is 3.62. The minimum Gasteiger partial charge on any atom is -0.550 e. The van der Waals surface area contributed by atoms with Gasteiger partial charge in [-0.25, -0.2) is 0 Å². The lowest BCUT2D eigenvalue weighted by Crippen LogP contribution is -2.34. The van der Waals surface area contributed by atoms with E-state index in [9.17, 15) is 24.6 Å². The molecule has 0 spiro atoms. The average molecular weight is 408 g/mol. The topological polar surface area (TPSA) is 116 Å². The van der Waals surface area contributed by atoms with Crippen LogP contribution in [0.3, 0.4) is 0 Å². The third kappa shape index (κ3) is 3.36. The van der Waals surface area contributed by atoms with Gasteiger partial charge < -0.3 is 29.4 Å². The number of ether oxygens (including phenoxy) is 2. The molecule has 2 aromatic rings. The first kappa shape index (κ1) is 19.5. The highest BCUT2D eigenvalue weighted by atomic mass is 16.7. The number of rotatable bonds is 5. The van der Waals surface area contributed by atoms with Crippen molar-refractivity contribution in [3.05, 3.63) is 64.7 Å². The van der Waals surface area contributed by atoms with Crippen molar-refractivity contribution in [2.75, 3.05) is 13.3 Å². The van der Waals surface area contributed by atoms with E-state index in [0.29, 0.717) is 22.6 Å².